The zero-order valence-corrected chi connectivity index (χ0v) is 12.2. The Kier molecular flexibility index (Phi) is 3.73. The molecule has 1 heterocycles. The molecule has 106 valence electrons. The number of rotatable bonds is 4. The van der Waals surface area contributed by atoms with Crippen LogP contribution < -0.4 is 10.1 Å². The average molecular weight is 278 g/mol. The summed E-state index contributed by atoms with van der Waals surface area (Å²) in [6.45, 7) is 2.11. The standard InChI is InChI=1S/C18H18N2O/c1-13(15-8-4-6-10-17(15)21-2)19-18-12-11-14-7-3-5-9-16(14)20-18/h3-13H,1-2H3,(H,19,20)/t13-/m1/s1. The molecule has 0 aliphatic heterocycles. The number of nitrogens with one attached hydrogen (secondary N) is 1. The van der Waals surface area contributed by atoms with Gasteiger partial charge in [0.05, 0.1) is 18.7 Å². The van der Waals surface area contributed by atoms with Gasteiger partial charge in [-0.15, -0.1) is 0 Å². The minimum Gasteiger partial charge on any atom is -0.496 e. The zero-order valence-electron chi connectivity index (χ0n) is 12.2. The van der Waals surface area contributed by atoms with E-state index in [1.54, 1.807) is 7.11 Å². The Bertz CT molecular complexity index is 755. The van der Waals surface area contributed by atoms with E-state index in [9.17, 15) is 0 Å². The first-order chi connectivity index (χ1) is 10.3. The number of ether oxygens (including phenoxy) is 1. The second kappa shape index (κ2) is 5.83. The quantitative estimate of drug-likeness (QED) is 0.767. The van der Waals surface area contributed by atoms with E-state index >= 15 is 0 Å². The number of benzene rings is 2. The molecule has 0 saturated carbocycles. The first kappa shape index (κ1) is 13.4. The van der Waals surface area contributed by atoms with Crippen molar-refractivity contribution in [3.63, 3.8) is 0 Å². The molecule has 3 rings (SSSR count). The third-order valence-corrected chi connectivity index (χ3v) is 3.57. The molecule has 3 nitrogen and oxygen atoms in total. The second-order valence-electron chi connectivity index (χ2n) is 5.00. The van der Waals surface area contributed by atoms with Crippen molar-refractivity contribution in [2.24, 2.45) is 0 Å². The van der Waals surface area contributed by atoms with Crippen molar-refractivity contribution >= 4 is 16.7 Å². The minimum absolute atomic E-state index is 0.120. The molecular weight excluding hydrogens is 260 g/mol. The number of pyridine rings is 1. The van der Waals surface area contributed by atoms with Gasteiger partial charge in [0.1, 0.15) is 11.6 Å². The van der Waals surface area contributed by atoms with E-state index in [1.807, 2.05) is 42.5 Å². The highest BCUT2D eigenvalue weighted by Crippen LogP contribution is 2.27. The number of para-hydroxylation sites is 2. The summed E-state index contributed by atoms with van der Waals surface area (Å²) in [5.41, 5.74) is 2.12. The minimum atomic E-state index is 0.120. The van der Waals surface area contributed by atoms with Crippen molar-refractivity contribution in [1.82, 2.24) is 4.98 Å². The van der Waals surface area contributed by atoms with Crippen LogP contribution in [0.3, 0.4) is 0 Å². The lowest BCUT2D eigenvalue weighted by Crippen LogP contribution is -2.09. The highest BCUT2D eigenvalue weighted by molar-refractivity contribution is 5.80. The van der Waals surface area contributed by atoms with Crippen LogP contribution in [0.2, 0.25) is 0 Å². The zero-order chi connectivity index (χ0) is 14.7. The smallest absolute Gasteiger partial charge is 0.127 e. The summed E-state index contributed by atoms with van der Waals surface area (Å²) in [7, 11) is 1.69. The third-order valence-electron chi connectivity index (χ3n) is 3.57. The van der Waals surface area contributed by atoms with Gasteiger partial charge in [0, 0.05) is 10.9 Å². The Balaban J connectivity index is 1.87. The molecular formula is C18H18N2O. The maximum atomic E-state index is 5.41. The highest BCUT2D eigenvalue weighted by Gasteiger charge is 2.11. The second-order valence-corrected chi connectivity index (χ2v) is 5.00. The van der Waals surface area contributed by atoms with Crippen molar-refractivity contribution in [3.05, 3.63) is 66.2 Å². The molecule has 0 unspecified atom stereocenters. The molecule has 0 saturated heterocycles. The number of anilines is 1. The molecule has 21 heavy (non-hydrogen) atoms. The Morgan fingerprint density at radius 1 is 0.952 bits per heavy atom. The predicted octanol–water partition coefficient (Wildman–Crippen LogP) is 4.42. The van der Waals surface area contributed by atoms with E-state index < -0.39 is 0 Å². The Labute approximate surface area is 124 Å². The van der Waals surface area contributed by atoms with Crippen LogP contribution in [0.25, 0.3) is 10.9 Å². The Morgan fingerprint density at radius 2 is 1.71 bits per heavy atom. The lowest BCUT2D eigenvalue weighted by atomic mass is 10.1. The molecule has 0 fully saturated rings. The van der Waals surface area contributed by atoms with E-state index in [-0.39, 0.29) is 6.04 Å². The Hall–Kier alpha value is -2.55. The summed E-state index contributed by atoms with van der Waals surface area (Å²) in [6.07, 6.45) is 0. The first-order valence-electron chi connectivity index (χ1n) is 7.03. The number of methoxy groups -OCH3 is 1. The lowest BCUT2D eigenvalue weighted by molar-refractivity contribution is 0.408. The van der Waals surface area contributed by atoms with E-state index in [1.165, 1.54) is 0 Å². The fourth-order valence-electron chi connectivity index (χ4n) is 2.47. The highest BCUT2D eigenvalue weighted by atomic mass is 16.5. The summed E-state index contributed by atoms with van der Waals surface area (Å²) in [5.74, 6) is 1.75. The molecule has 1 atom stereocenters. The molecule has 3 aromatic rings. The van der Waals surface area contributed by atoms with Crippen molar-refractivity contribution in [1.29, 1.82) is 0 Å². The van der Waals surface area contributed by atoms with Crippen molar-refractivity contribution in [2.75, 3.05) is 12.4 Å². The van der Waals surface area contributed by atoms with Gasteiger partial charge in [0.2, 0.25) is 0 Å². The van der Waals surface area contributed by atoms with Crippen LogP contribution in [0.15, 0.2) is 60.7 Å². The summed E-state index contributed by atoms with van der Waals surface area (Å²) in [4.78, 5) is 4.64. The van der Waals surface area contributed by atoms with Crippen molar-refractivity contribution in [2.45, 2.75) is 13.0 Å². The molecule has 1 N–H and O–H groups in total. The van der Waals surface area contributed by atoms with E-state index in [4.69, 9.17) is 4.74 Å². The summed E-state index contributed by atoms with van der Waals surface area (Å²) >= 11 is 0. The van der Waals surface area contributed by atoms with Crippen molar-refractivity contribution in [3.8, 4) is 5.75 Å². The largest absolute Gasteiger partial charge is 0.496 e. The summed E-state index contributed by atoms with van der Waals surface area (Å²) in [5, 5.41) is 4.58. The van der Waals surface area contributed by atoms with Gasteiger partial charge in [0.15, 0.2) is 0 Å². The maximum absolute atomic E-state index is 5.41. The first-order valence-corrected chi connectivity index (χ1v) is 7.03. The molecule has 0 bridgehead atoms. The van der Waals surface area contributed by atoms with Gasteiger partial charge < -0.3 is 10.1 Å². The van der Waals surface area contributed by atoms with Crippen molar-refractivity contribution < 1.29 is 4.74 Å². The fourth-order valence-corrected chi connectivity index (χ4v) is 2.47. The lowest BCUT2D eigenvalue weighted by Gasteiger charge is -2.18. The van der Waals surface area contributed by atoms with E-state index in [2.05, 4.69) is 35.4 Å². The van der Waals surface area contributed by atoms with Gasteiger partial charge in [-0.05, 0) is 31.2 Å². The number of hydrogen-bond donors (Lipinski definition) is 1. The van der Waals surface area contributed by atoms with Gasteiger partial charge in [-0.25, -0.2) is 4.98 Å². The SMILES string of the molecule is COc1ccccc1[C@@H](C)Nc1ccc2ccccc2n1. The van der Waals surface area contributed by atoms with Crippen LogP contribution in [0, 0.1) is 0 Å². The number of nitrogens with zero attached hydrogens (tertiary/aromatic N) is 1. The van der Waals surface area contributed by atoms with Crippen LogP contribution >= 0.6 is 0 Å². The third kappa shape index (κ3) is 2.82. The molecule has 0 amide bonds. The molecule has 1 aromatic heterocycles. The van der Waals surface area contributed by atoms with Crippen LogP contribution in [-0.4, -0.2) is 12.1 Å². The van der Waals surface area contributed by atoms with Crippen LogP contribution in [0.1, 0.15) is 18.5 Å². The average Bonchev–Trinajstić information content (AvgIpc) is 2.54. The van der Waals surface area contributed by atoms with Crippen LogP contribution in [-0.2, 0) is 0 Å². The van der Waals surface area contributed by atoms with Gasteiger partial charge in [-0.1, -0.05) is 36.4 Å². The van der Waals surface area contributed by atoms with Crippen LogP contribution in [0.4, 0.5) is 5.82 Å². The number of fused-ring (bicyclic) bond motifs is 1. The monoisotopic (exact) mass is 278 g/mol. The summed E-state index contributed by atoms with van der Waals surface area (Å²) in [6, 6.07) is 20.4. The molecule has 0 spiro atoms. The Morgan fingerprint density at radius 3 is 2.57 bits per heavy atom. The molecule has 0 radical (unpaired) electrons. The molecule has 3 heteroatoms. The van der Waals surface area contributed by atoms with Gasteiger partial charge >= 0.3 is 0 Å². The summed E-state index contributed by atoms with van der Waals surface area (Å²) < 4.78 is 5.41. The predicted molar refractivity (Wildman–Crippen MR) is 86.8 cm³/mol. The number of hydrogen-bond acceptors (Lipinski definition) is 3. The fraction of sp³-hybridized carbons (Fsp3) is 0.167. The van der Waals surface area contributed by atoms with Gasteiger partial charge in [-0.2, -0.15) is 0 Å². The molecule has 0 aliphatic rings. The molecule has 0 aliphatic carbocycles. The van der Waals surface area contributed by atoms with E-state index in [0.29, 0.717) is 0 Å². The topological polar surface area (TPSA) is 34.1 Å². The van der Waals surface area contributed by atoms with Gasteiger partial charge in [0.25, 0.3) is 0 Å². The van der Waals surface area contributed by atoms with Crippen LogP contribution in [0.5, 0.6) is 5.75 Å². The maximum Gasteiger partial charge on any atom is 0.127 e. The normalized spacial score (nSPS) is 12.1. The van der Waals surface area contributed by atoms with Gasteiger partial charge in [-0.3, -0.25) is 0 Å². The molecule has 2 aromatic carbocycles. The number of aromatic nitrogens is 1. The van der Waals surface area contributed by atoms with E-state index in [0.717, 1.165) is 28.0 Å².